The van der Waals surface area contributed by atoms with Crippen molar-refractivity contribution >= 4 is 11.9 Å². The molecule has 0 aromatic rings. The third-order valence-electron chi connectivity index (χ3n) is 1.17. The summed E-state index contributed by atoms with van der Waals surface area (Å²) in [5.74, 6) is -1.65. The second-order valence-electron chi connectivity index (χ2n) is 2.14. The zero-order chi connectivity index (χ0) is 9.56. The van der Waals surface area contributed by atoms with Crippen molar-refractivity contribution in [2.24, 2.45) is 5.73 Å². The molecule has 0 fully saturated rings. The second kappa shape index (κ2) is 5.31. The van der Waals surface area contributed by atoms with Crippen molar-refractivity contribution in [1.82, 2.24) is 0 Å². The summed E-state index contributed by atoms with van der Waals surface area (Å²) in [6.45, 7) is 3.16. The molecule has 0 bridgehead atoms. The summed E-state index contributed by atoms with van der Waals surface area (Å²) >= 11 is 0. The van der Waals surface area contributed by atoms with Gasteiger partial charge in [0.2, 0.25) is 0 Å². The largest absolute Gasteiger partial charge is 0.481 e. The lowest BCUT2D eigenvalue weighted by atomic mass is 10.2. The van der Waals surface area contributed by atoms with E-state index in [1.165, 1.54) is 0 Å². The molecule has 0 rings (SSSR count). The van der Waals surface area contributed by atoms with Crippen LogP contribution in [0.3, 0.4) is 0 Å². The molecule has 0 saturated heterocycles. The Morgan fingerprint density at radius 3 is 2.67 bits per heavy atom. The van der Waals surface area contributed by atoms with Crippen LogP contribution in [0.15, 0.2) is 12.8 Å². The van der Waals surface area contributed by atoms with Gasteiger partial charge in [-0.2, -0.15) is 0 Å². The molecule has 1 unspecified atom stereocenters. The highest BCUT2D eigenvalue weighted by Gasteiger charge is 2.14. The zero-order valence-electron chi connectivity index (χ0n) is 6.53. The fourth-order valence-corrected chi connectivity index (χ4v) is 0.566. The van der Waals surface area contributed by atoms with Crippen LogP contribution in [0.25, 0.3) is 0 Å². The van der Waals surface area contributed by atoms with E-state index in [9.17, 15) is 9.59 Å². The molecule has 1 atom stereocenters. The van der Waals surface area contributed by atoms with Crippen LogP contribution >= 0.6 is 0 Å². The van der Waals surface area contributed by atoms with Gasteiger partial charge in [-0.05, 0) is 6.42 Å². The second-order valence-corrected chi connectivity index (χ2v) is 2.14. The predicted molar refractivity (Wildman–Crippen MR) is 41.1 cm³/mol. The van der Waals surface area contributed by atoms with E-state index in [0.29, 0.717) is 0 Å². The molecule has 0 spiro atoms. The molecule has 0 aromatic carbocycles. The highest BCUT2D eigenvalue weighted by Crippen LogP contribution is 1.96. The molecule has 0 amide bonds. The molecule has 0 aliphatic heterocycles. The molecule has 68 valence electrons. The van der Waals surface area contributed by atoms with E-state index in [1.54, 1.807) is 0 Å². The number of carbonyl (C=O) groups excluding carboxylic acids is 1. The van der Waals surface area contributed by atoms with Crippen LogP contribution in [0.1, 0.15) is 12.8 Å². The molecule has 0 radical (unpaired) electrons. The first kappa shape index (κ1) is 10.6. The molecule has 12 heavy (non-hydrogen) atoms. The Morgan fingerprint density at radius 1 is 1.67 bits per heavy atom. The number of aliphatic carboxylic acids is 1. The fourth-order valence-electron chi connectivity index (χ4n) is 0.566. The summed E-state index contributed by atoms with van der Waals surface area (Å²) in [4.78, 5) is 20.8. The van der Waals surface area contributed by atoms with Crippen molar-refractivity contribution in [3.8, 4) is 0 Å². The normalized spacial score (nSPS) is 11.8. The van der Waals surface area contributed by atoms with Crippen LogP contribution in [0.5, 0.6) is 0 Å². The fraction of sp³-hybridized carbons (Fsp3) is 0.429. The smallest absolute Gasteiger partial charge is 0.327 e. The summed E-state index contributed by atoms with van der Waals surface area (Å²) < 4.78 is 4.34. The van der Waals surface area contributed by atoms with E-state index in [2.05, 4.69) is 11.3 Å². The first-order valence-corrected chi connectivity index (χ1v) is 3.36. The highest BCUT2D eigenvalue weighted by molar-refractivity contribution is 5.77. The number of ether oxygens (including phenoxy) is 1. The summed E-state index contributed by atoms with van der Waals surface area (Å²) in [5.41, 5.74) is 5.27. The molecule has 0 aliphatic rings. The lowest BCUT2D eigenvalue weighted by Crippen LogP contribution is -2.31. The van der Waals surface area contributed by atoms with Crippen LogP contribution in [-0.4, -0.2) is 23.1 Å². The molecule has 0 saturated carbocycles. The number of carboxylic acid groups (broad SMARTS) is 1. The van der Waals surface area contributed by atoms with Crippen molar-refractivity contribution in [3.05, 3.63) is 12.8 Å². The SMILES string of the molecule is C=COC(=O)C(N)CCC(=O)O. The maximum atomic E-state index is 10.7. The maximum Gasteiger partial charge on any atom is 0.327 e. The third kappa shape index (κ3) is 4.45. The number of hydrogen-bond acceptors (Lipinski definition) is 4. The molecular formula is C7H11NO4. The summed E-state index contributed by atoms with van der Waals surface area (Å²) in [5, 5.41) is 8.25. The highest BCUT2D eigenvalue weighted by atomic mass is 16.5. The lowest BCUT2D eigenvalue weighted by Gasteiger charge is -2.06. The Bertz CT molecular complexity index is 190. The number of carbonyl (C=O) groups is 2. The monoisotopic (exact) mass is 173 g/mol. The number of hydrogen-bond donors (Lipinski definition) is 2. The van der Waals surface area contributed by atoms with Gasteiger partial charge in [0.25, 0.3) is 0 Å². The number of esters is 1. The van der Waals surface area contributed by atoms with Gasteiger partial charge in [0.15, 0.2) is 0 Å². The average Bonchev–Trinajstić information content (AvgIpc) is 2.00. The van der Waals surface area contributed by atoms with E-state index in [4.69, 9.17) is 10.8 Å². The maximum absolute atomic E-state index is 10.7. The average molecular weight is 173 g/mol. The summed E-state index contributed by atoms with van der Waals surface area (Å²) in [6, 6.07) is -0.890. The van der Waals surface area contributed by atoms with Crippen molar-refractivity contribution in [2.75, 3.05) is 0 Å². The van der Waals surface area contributed by atoms with E-state index < -0.39 is 18.0 Å². The van der Waals surface area contributed by atoms with E-state index in [0.717, 1.165) is 6.26 Å². The summed E-state index contributed by atoms with van der Waals surface area (Å²) in [7, 11) is 0. The van der Waals surface area contributed by atoms with Crippen LogP contribution in [0.4, 0.5) is 0 Å². The Balaban J connectivity index is 3.70. The van der Waals surface area contributed by atoms with Crippen LogP contribution < -0.4 is 5.73 Å². The minimum Gasteiger partial charge on any atom is -0.481 e. The Kier molecular flexibility index (Phi) is 4.71. The van der Waals surface area contributed by atoms with Gasteiger partial charge in [-0.1, -0.05) is 6.58 Å². The number of rotatable bonds is 5. The van der Waals surface area contributed by atoms with Crippen LogP contribution in [0, 0.1) is 0 Å². The van der Waals surface area contributed by atoms with Gasteiger partial charge in [-0.3, -0.25) is 4.79 Å². The topological polar surface area (TPSA) is 89.6 Å². The number of carboxylic acids is 1. The van der Waals surface area contributed by atoms with E-state index >= 15 is 0 Å². The minimum absolute atomic E-state index is 0.0714. The molecule has 0 aromatic heterocycles. The third-order valence-corrected chi connectivity index (χ3v) is 1.17. The molecule has 3 N–H and O–H groups in total. The van der Waals surface area contributed by atoms with E-state index in [1.807, 2.05) is 0 Å². The van der Waals surface area contributed by atoms with Gasteiger partial charge in [0.1, 0.15) is 6.04 Å². The van der Waals surface area contributed by atoms with Gasteiger partial charge in [-0.15, -0.1) is 0 Å². The van der Waals surface area contributed by atoms with Gasteiger partial charge in [-0.25, -0.2) is 4.79 Å². The van der Waals surface area contributed by atoms with E-state index in [-0.39, 0.29) is 12.8 Å². The van der Waals surface area contributed by atoms with Gasteiger partial charge in [0, 0.05) is 6.42 Å². The standard InChI is InChI=1S/C7H11NO4/c1-2-12-7(11)5(8)3-4-6(9)10/h2,5H,1,3-4,8H2,(H,9,10). The van der Waals surface area contributed by atoms with Crippen molar-refractivity contribution in [3.63, 3.8) is 0 Å². The molecular weight excluding hydrogens is 162 g/mol. The molecule has 5 heteroatoms. The van der Waals surface area contributed by atoms with Crippen LogP contribution in [0.2, 0.25) is 0 Å². The Morgan fingerprint density at radius 2 is 2.25 bits per heavy atom. The van der Waals surface area contributed by atoms with Gasteiger partial charge >= 0.3 is 11.9 Å². The first-order chi connectivity index (χ1) is 5.57. The quantitative estimate of drug-likeness (QED) is 0.446. The van der Waals surface area contributed by atoms with Crippen LogP contribution in [-0.2, 0) is 14.3 Å². The van der Waals surface area contributed by atoms with Gasteiger partial charge in [0.05, 0.1) is 6.26 Å². The van der Waals surface area contributed by atoms with Crippen molar-refractivity contribution < 1.29 is 19.4 Å². The van der Waals surface area contributed by atoms with Crippen molar-refractivity contribution in [1.29, 1.82) is 0 Å². The van der Waals surface area contributed by atoms with Gasteiger partial charge < -0.3 is 15.6 Å². The zero-order valence-corrected chi connectivity index (χ0v) is 6.53. The van der Waals surface area contributed by atoms with Crippen molar-refractivity contribution in [2.45, 2.75) is 18.9 Å². The summed E-state index contributed by atoms with van der Waals surface area (Å²) in [6.07, 6.45) is 0.887. The Labute approximate surface area is 69.8 Å². The molecule has 0 aliphatic carbocycles. The number of nitrogens with two attached hydrogens (primary N) is 1. The Hall–Kier alpha value is -1.36. The predicted octanol–water partition coefficient (Wildman–Crippen LogP) is -0.135. The molecule has 5 nitrogen and oxygen atoms in total. The first-order valence-electron chi connectivity index (χ1n) is 3.36. The molecule has 0 heterocycles. The minimum atomic E-state index is -0.989. The lowest BCUT2D eigenvalue weighted by molar-refractivity contribution is -0.140.